The molecule has 1 saturated heterocycles. The Morgan fingerprint density at radius 2 is 2.12 bits per heavy atom. The Labute approximate surface area is 149 Å². The number of halogens is 1. The molecule has 0 bridgehead atoms. The number of carbonyl (C=O) groups excluding carboxylic acids is 1. The van der Waals surface area contributed by atoms with E-state index in [1.54, 1.807) is 17.0 Å². The van der Waals surface area contributed by atoms with Gasteiger partial charge in [-0.2, -0.15) is 0 Å². The first-order chi connectivity index (χ1) is 11.8. The molecule has 0 saturated carbocycles. The minimum atomic E-state index is -0.964. The third kappa shape index (κ3) is 3.71. The number of carbonyl (C=O) groups is 2. The predicted octanol–water partition coefficient (Wildman–Crippen LogP) is 2.77. The van der Waals surface area contributed by atoms with Crippen LogP contribution in [-0.4, -0.2) is 40.0 Å². The molecule has 7 heteroatoms. The van der Waals surface area contributed by atoms with Crippen molar-refractivity contribution < 1.29 is 19.1 Å². The van der Waals surface area contributed by atoms with Crippen molar-refractivity contribution in [2.24, 2.45) is 5.92 Å². The second-order valence-corrected chi connectivity index (χ2v) is 7.61. The number of aromatic nitrogens is 1. The zero-order valence-electron chi connectivity index (χ0n) is 14.0. The molecule has 2 aromatic rings. The summed E-state index contributed by atoms with van der Waals surface area (Å²) >= 11 is 1.48. The lowest BCUT2D eigenvalue weighted by molar-refractivity contribution is -0.141. The first-order valence-electron chi connectivity index (χ1n) is 8.04. The number of likely N-dealkylation sites (tertiary alicyclic amines) is 1. The van der Waals surface area contributed by atoms with Gasteiger partial charge in [0, 0.05) is 23.9 Å². The van der Waals surface area contributed by atoms with E-state index in [0.29, 0.717) is 5.56 Å². The maximum atomic E-state index is 13.5. The van der Waals surface area contributed by atoms with Crippen molar-refractivity contribution in [3.63, 3.8) is 0 Å². The fourth-order valence-electron chi connectivity index (χ4n) is 3.32. The molecule has 3 rings (SSSR count). The Morgan fingerprint density at radius 1 is 1.36 bits per heavy atom. The Hall–Kier alpha value is -2.28. The first-order valence-corrected chi connectivity index (χ1v) is 8.85. The van der Waals surface area contributed by atoms with Gasteiger partial charge in [0.05, 0.1) is 23.0 Å². The standard InChI is InChI=1S/C18H19FN2O3S/c1-10-16(25-11(2)20-10)7-17(22)21-8-14(15(9-21)18(23)24)12-4-3-5-13(19)6-12/h3-6,14-15H,7-9H2,1-2H3,(H,23,24)/t14-,15+/m0/s1. The predicted molar refractivity (Wildman–Crippen MR) is 92.1 cm³/mol. The molecule has 0 radical (unpaired) electrons. The van der Waals surface area contributed by atoms with Gasteiger partial charge >= 0.3 is 5.97 Å². The van der Waals surface area contributed by atoms with Crippen LogP contribution in [0.5, 0.6) is 0 Å². The SMILES string of the molecule is Cc1nc(C)c(CC(=O)N2C[C@@H](C(=O)O)[C@H](c3cccc(F)c3)C2)s1. The zero-order valence-corrected chi connectivity index (χ0v) is 14.8. The topological polar surface area (TPSA) is 70.5 Å². The Bertz CT molecular complexity index is 820. The lowest BCUT2D eigenvalue weighted by atomic mass is 9.89. The molecular weight excluding hydrogens is 343 g/mol. The van der Waals surface area contributed by atoms with Gasteiger partial charge in [-0.3, -0.25) is 9.59 Å². The van der Waals surface area contributed by atoms with Crippen molar-refractivity contribution in [2.75, 3.05) is 13.1 Å². The number of thiazole rings is 1. The van der Waals surface area contributed by atoms with Gasteiger partial charge in [0.15, 0.2) is 0 Å². The van der Waals surface area contributed by atoms with E-state index < -0.39 is 23.6 Å². The van der Waals surface area contributed by atoms with Gasteiger partial charge in [-0.25, -0.2) is 9.37 Å². The minimum Gasteiger partial charge on any atom is -0.481 e. The Kier molecular flexibility index (Phi) is 4.85. The van der Waals surface area contributed by atoms with Crippen molar-refractivity contribution in [3.05, 3.63) is 51.2 Å². The van der Waals surface area contributed by atoms with Crippen LogP contribution < -0.4 is 0 Å². The largest absolute Gasteiger partial charge is 0.481 e. The lowest BCUT2D eigenvalue weighted by Gasteiger charge is -2.16. The van der Waals surface area contributed by atoms with Crippen molar-refractivity contribution in [1.29, 1.82) is 0 Å². The van der Waals surface area contributed by atoms with Gasteiger partial charge in [0.2, 0.25) is 5.91 Å². The van der Waals surface area contributed by atoms with E-state index in [-0.39, 0.29) is 25.4 Å². The highest BCUT2D eigenvalue weighted by Gasteiger charge is 2.40. The molecule has 1 aliphatic rings. The third-order valence-electron chi connectivity index (χ3n) is 4.58. The molecule has 0 unspecified atom stereocenters. The number of benzene rings is 1. The van der Waals surface area contributed by atoms with E-state index in [2.05, 4.69) is 4.98 Å². The molecule has 1 aromatic carbocycles. The van der Waals surface area contributed by atoms with Crippen LogP contribution in [0.2, 0.25) is 0 Å². The molecule has 1 N–H and O–H groups in total. The molecular formula is C18H19FN2O3S. The van der Waals surface area contributed by atoms with Gasteiger partial charge in [0.25, 0.3) is 0 Å². The van der Waals surface area contributed by atoms with Gasteiger partial charge < -0.3 is 10.0 Å². The number of rotatable bonds is 4. The van der Waals surface area contributed by atoms with Crippen LogP contribution in [0.3, 0.4) is 0 Å². The smallest absolute Gasteiger partial charge is 0.308 e. The van der Waals surface area contributed by atoms with Gasteiger partial charge in [-0.1, -0.05) is 12.1 Å². The van der Waals surface area contributed by atoms with E-state index in [1.807, 2.05) is 13.8 Å². The van der Waals surface area contributed by atoms with Gasteiger partial charge in [0.1, 0.15) is 5.82 Å². The van der Waals surface area contributed by atoms with Crippen LogP contribution in [-0.2, 0) is 16.0 Å². The molecule has 2 atom stereocenters. The normalized spacial score (nSPS) is 20.0. The molecule has 0 aliphatic carbocycles. The summed E-state index contributed by atoms with van der Waals surface area (Å²) in [6.07, 6.45) is 0.222. The fourth-order valence-corrected chi connectivity index (χ4v) is 4.25. The molecule has 25 heavy (non-hydrogen) atoms. The van der Waals surface area contributed by atoms with Crippen LogP contribution in [0.25, 0.3) is 0 Å². The summed E-state index contributed by atoms with van der Waals surface area (Å²) < 4.78 is 13.5. The number of aryl methyl sites for hydroxylation is 2. The second-order valence-electron chi connectivity index (χ2n) is 6.32. The van der Waals surface area contributed by atoms with E-state index in [9.17, 15) is 19.1 Å². The molecule has 0 spiro atoms. The average molecular weight is 362 g/mol. The highest BCUT2D eigenvalue weighted by molar-refractivity contribution is 7.11. The Morgan fingerprint density at radius 3 is 2.72 bits per heavy atom. The highest BCUT2D eigenvalue weighted by Crippen LogP contribution is 2.34. The molecule has 1 amide bonds. The van der Waals surface area contributed by atoms with E-state index in [0.717, 1.165) is 15.6 Å². The first kappa shape index (κ1) is 17.5. The number of hydrogen-bond donors (Lipinski definition) is 1. The van der Waals surface area contributed by atoms with Crippen LogP contribution in [0.4, 0.5) is 4.39 Å². The molecule has 5 nitrogen and oxygen atoms in total. The number of carboxylic acids is 1. The van der Waals surface area contributed by atoms with E-state index >= 15 is 0 Å². The van der Waals surface area contributed by atoms with E-state index in [1.165, 1.54) is 23.5 Å². The van der Waals surface area contributed by atoms with Crippen molar-refractivity contribution >= 4 is 23.2 Å². The third-order valence-corrected chi connectivity index (χ3v) is 5.65. The van der Waals surface area contributed by atoms with Gasteiger partial charge in [-0.15, -0.1) is 11.3 Å². The number of nitrogens with zero attached hydrogens (tertiary/aromatic N) is 2. The average Bonchev–Trinajstić information content (AvgIpc) is 3.11. The quantitative estimate of drug-likeness (QED) is 0.908. The van der Waals surface area contributed by atoms with Crippen molar-refractivity contribution in [1.82, 2.24) is 9.88 Å². The molecule has 1 aromatic heterocycles. The monoisotopic (exact) mass is 362 g/mol. The summed E-state index contributed by atoms with van der Waals surface area (Å²) in [5.74, 6) is -2.61. The van der Waals surface area contributed by atoms with Crippen LogP contribution >= 0.6 is 11.3 Å². The maximum absolute atomic E-state index is 13.5. The summed E-state index contributed by atoms with van der Waals surface area (Å²) in [6.45, 7) is 4.19. The lowest BCUT2D eigenvalue weighted by Crippen LogP contribution is -2.31. The summed E-state index contributed by atoms with van der Waals surface area (Å²) in [6, 6.07) is 5.96. The van der Waals surface area contributed by atoms with Crippen LogP contribution in [0.1, 0.15) is 27.1 Å². The number of hydrogen-bond acceptors (Lipinski definition) is 4. The van der Waals surface area contributed by atoms with Crippen molar-refractivity contribution in [3.8, 4) is 0 Å². The molecule has 2 heterocycles. The van der Waals surface area contributed by atoms with Gasteiger partial charge in [-0.05, 0) is 31.5 Å². The molecule has 1 fully saturated rings. The summed E-state index contributed by atoms with van der Waals surface area (Å²) in [5, 5.41) is 10.4. The minimum absolute atomic E-state index is 0.114. The number of amides is 1. The van der Waals surface area contributed by atoms with Crippen LogP contribution in [0, 0.1) is 25.6 Å². The second kappa shape index (κ2) is 6.92. The Balaban J connectivity index is 1.78. The van der Waals surface area contributed by atoms with E-state index in [4.69, 9.17) is 0 Å². The maximum Gasteiger partial charge on any atom is 0.308 e. The fraction of sp³-hybridized carbons (Fsp3) is 0.389. The summed E-state index contributed by atoms with van der Waals surface area (Å²) in [5.41, 5.74) is 1.46. The number of aliphatic carboxylic acids is 1. The number of carboxylic acid groups (broad SMARTS) is 1. The van der Waals surface area contributed by atoms with Crippen LogP contribution in [0.15, 0.2) is 24.3 Å². The summed E-state index contributed by atoms with van der Waals surface area (Å²) in [7, 11) is 0. The highest BCUT2D eigenvalue weighted by atomic mass is 32.1. The molecule has 1 aliphatic heterocycles. The molecule has 132 valence electrons. The zero-order chi connectivity index (χ0) is 18.1. The van der Waals surface area contributed by atoms with Crippen molar-refractivity contribution in [2.45, 2.75) is 26.2 Å². The summed E-state index contributed by atoms with van der Waals surface area (Å²) in [4.78, 5) is 31.0.